The molecule has 7 nitrogen and oxygen atoms in total. The summed E-state index contributed by atoms with van der Waals surface area (Å²) >= 11 is 0. The van der Waals surface area contributed by atoms with E-state index in [1.165, 1.54) is 12.1 Å². The fraction of sp³-hybridized carbons (Fsp3) is 0.211. The van der Waals surface area contributed by atoms with E-state index in [9.17, 15) is 8.42 Å². The van der Waals surface area contributed by atoms with Crippen LogP contribution >= 0.6 is 0 Å². The minimum absolute atomic E-state index is 0.125. The first-order valence-corrected chi connectivity index (χ1v) is 9.98. The van der Waals surface area contributed by atoms with Gasteiger partial charge in [-0.2, -0.15) is 0 Å². The molecule has 0 atom stereocenters. The Morgan fingerprint density at radius 1 is 1.22 bits per heavy atom. The average Bonchev–Trinajstić information content (AvgIpc) is 3.16. The number of ether oxygens (including phenoxy) is 2. The van der Waals surface area contributed by atoms with Crippen LogP contribution in [0.2, 0.25) is 0 Å². The third kappa shape index (κ3) is 3.41. The van der Waals surface area contributed by atoms with Crippen LogP contribution in [0.15, 0.2) is 58.1 Å². The number of hydrogen-bond donors (Lipinski definition) is 1. The molecule has 2 heterocycles. The molecule has 27 heavy (non-hydrogen) atoms. The first-order valence-electron chi connectivity index (χ1n) is 8.49. The standard InChI is InChI=1S/C19H18N2O5S/c1-2-24-17-6-4-3-5-13(17)11-21-27(22,23)15-7-8-18-16(9-15)19-14(12-25-18)10-20-26-19/h3-10,21H,2,11-12H2,1H3. The van der Waals surface area contributed by atoms with Crippen LogP contribution in [0.3, 0.4) is 0 Å². The van der Waals surface area contributed by atoms with Crippen molar-refractivity contribution in [3.05, 3.63) is 59.8 Å². The summed E-state index contributed by atoms with van der Waals surface area (Å²) in [6.07, 6.45) is 1.57. The summed E-state index contributed by atoms with van der Waals surface area (Å²) in [6, 6.07) is 12.0. The van der Waals surface area contributed by atoms with Crippen molar-refractivity contribution in [2.75, 3.05) is 6.61 Å². The normalized spacial score (nSPS) is 12.8. The summed E-state index contributed by atoms with van der Waals surface area (Å²) in [5.74, 6) is 1.77. The Morgan fingerprint density at radius 2 is 2.07 bits per heavy atom. The van der Waals surface area contributed by atoms with Gasteiger partial charge in [-0.15, -0.1) is 0 Å². The Hall–Kier alpha value is -2.84. The van der Waals surface area contributed by atoms with Crippen LogP contribution in [0.25, 0.3) is 11.3 Å². The van der Waals surface area contributed by atoms with Gasteiger partial charge in [0.25, 0.3) is 0 Å². The highest BCUT2D eigenvalue weighted by atomic mass is 32.2. The molecule has 0 saturated carbocycles. The molecule has 1 aliphatic heterocycles. The van der Waals surface area contributed by atoms with Crippen molar-refractivity contribution in [2.24, 2.45) is 0 Å². The van der Waals surface area contributed by atoms with Gasteiger partial charge < -0.3 is 14.0 Å². The van der Waals surface area contributed by atoms with E-state index in [2.05, 4.69) is 9.88 Å². The molecule has 8 heteroatoms. The van der Waals surface area contributed by atoms with Gasteiger partial charge in [-0.3, -0.25) is 0 Å². The van der Waals surface area contributed by atoms with E-state index in [0.717, 1.165) is 11.1 Å². The monoisotopic (exact) mass is 386 g/mol. The fourth-order valence-corrected chi connectivity index (χ4v) is 3.95. The third-order valence-corrected chi connectivity index (χ3v) is 5.66. The van der Waals surface area contributed by atoms with Crippen LogP contribution < -0.4 is 14.2 Å². The number of sulfonamides is 1. The second-order valence-corrected chi connectivity index (χ2v) is 7.76. The molecule has 1 aromatic heterocycles. The lowest BCUT2D eigenvalue weighted by Gasteiger charge is -2.17. The molecule has 4 rings (SSSR count). The number of nitrogens with zero attached hydrogens (tertiary/aromatic N) is 1. The van der Waals surface area contributed by atoms with Crippen LogP contribution in [-0.4, -0.2) is 20.2 Å². The maximum Gasteiger partial charge on any atom is 0.240 e. The van der Waals surface area contributed by atoms with Gasteiger partial charge in [0.15, 0.2) is 5.76 Å². The summed E-state index contributed by atoms with van der Waals surface area (Å²) < 4.78 is 44.6. The Morgan fingerprint density at radius 3 is 2.93 bits per heavy atom. The van der Waals surface area contributed by atoms with E-state index in [-0.39, 0.29) is 11.4 Å². The molecular weight excluding hydrogens is 368 g/mol. The van der Waals surface area contributed by atoms with Gasteiger partial charge in [0, 0.05) is 12.1 Å². The summed E-state index contributed by atoms with van der Waals surface area (Å²) in [6.45, 7) is 2.87. The van der Waals surface area contributed by atoms with Crippen molar-refractivity contribution < 1.29 is 22.4 Å². The largest absolute Gasteiger partial charge is 0.494 e. The van der Waals surface area contributed by atoms with Gasteiger partial charge in [0.05, 0.1) is 28.8 Å². The summed E-state index contributed by atoms with van der Waals surface area (Å²) in [5.41, 5.74) is 2.13. The lowest BCUT2D eigenvalue weighted by Crippen LogP contribution is -2.23. The maximum absolute atomic E-state index is 12.8. The first kappa shape index (κ1) is 17.6. The third-order valence-electron chi connectivity index (χ3n) is 4.26. The zero-order chi connectivity index (χ0) is 18.9. The second-order valence-electron chi connectivity index (χ2n) is 5.99. The predicted molar refractivity (Wildman–Crippen MR) is 97.9 cm³/mol. The molecule has 0 radical (unpaired) electrons. The van der Waals surface area contributed by atoms with Gasteiger partial charge in [0.1, 0.15) is 18.1 Å². The molecule has 140 valence electrons. The minimum Gasteiger partial charge on any atom is -0.494 e. The Kier molecular flexibility index (Phi) is 4.59. The smallest absolute Gasteiger partial charge is 0.240 e. The number of benzene rings is 2. The van der Waals surface area contributed by atoms with Crippen LogP contribution in [0.1, 0.15) is 18.1 Å². The molecule has 1 N–H and O–H groups in total. The lowest BCUT2D eigenvalue weighted by molar-refractivity contribution is 0.297. The van der Waals surface area contributed by atoms with E-state index in [4.69, 9.17) is 14.0 Å². The number of nitrogens with one attached hydrogen (secondary N) is 1. The Balaban J connectivity index is 1.60. The van der Waals surface area contributed by atoms with E-state index in [0.29, 0.717) is 36.0 Å². The zero-order valence-electron chi connectivity index (χ0n) is 14.6. The number of fused-ring (bicyclic) bond motifs is 3. The van der Waals surface area contributed by atoms with E-state index in [1.807, 2.05) is 31.2 Å². The van der Waals surface area contributed by atoms with Gasteiger partial charge in [-0.05, 0) is 31.2 Å². The van der Waals surface area contributed by atoms with E-state index in [1.54, 1.807) is 12.3 Å². The molecule has 0 fully saturated rings. The number of para-hydroxylation sites is 1. The van der Waals surface area contributed by atoms with Crippen molar-refractivity contribution in [3.63, 3.8) is 0 Å². The van der Waals surface area contributed by atoms with Crippen molar-refractivity contribution in [3.8, 4) is 22.8 Å². The van der Waals surface area contributed by atoms with Crippen molar-refractivity contribution in [1.29, 1.82) is 0 Å². The second kappa shape index (κ2) is 7.05. The molecular formula is C19H18N2O5S. The number of hydrogen-bond acceptors (Lipinski definition) is 6. The van der Waals surface area contributed by atoms with Crippen molar-refractivity contribution >= 4 is 10.0 Å². The average molecular weight is 386 g/mol. The Labute approximate surface area is 157 Å². The topological polar surface area (TPSA) is 90.7 Å². The van der Waals surface area contributed by atoms with Gasteiger partial charge in [-0.25, -0.2) is 13.1 Å². The first-order chi connectivity index (χ1) is 13.1. The Bertz CT molecular complexity index is 1080. The molecule has 0 unspecified atom stereocenters. The summed E-state index contributed by atoms with van der Waals surface area (Å²) in [7, 11) is -3.73. The number of rotatable bonds is 6. The molecule has 0 saturated heterocycles. The van der Waals surface area contributed by atoms with Crippen molar-refractivity contribution in [2.45, 2.75) is 25.0 Å². The van der Waals surface area contributed by atoms with E-state index >= 15 is 0 Å². The summed E-state index contributed by atoms with van der Waals surface area (Å²) in [4.78, 5) is 0.128. The molecule has 0 amide bonds. The number of aromatic nitrogens is 1. The quantitative estimate of drug-likeness (QED) is 0.700. The SMILES string of the molecule is CCOc1ccccc1CNS(=O)(=O)c1ccc2c(c1)-c1oncc1CO2. The molecule has 3 aromatic rings. The van der Waals surface area contributed by atoms with Gasteiger partial charge in [0.2, 0.25) is 10.0 Å². The molecule has 1 aliphatic rings. The van der Waals surface area contributed by atoms with Crippen LogP contribution in [0.5, 0.6) is 11.5 Å². The van der Waals surface area contributed by atoms with Crippen LogP contribution in [0, 0.1) is 0 Å². The molecule has 0 bridgehead atoms. The predicted octanol–water partition coefficient (Wildman–Crippen LogP) is 3.11. The van der Waals surface area contributed by atoms with Gasteiger partial charge >= 0.3 is 0 Å². The highest BCUT2D eigenvalue weighted by Crippen LogP contribution is 2.38. The molecule has 0 spiro atoms. The van der Waals surface area contributed by atoms with Crippen LogP contribution in [-0.2, 0) is 23.2 Å². The maximum atomic E-state index is 12.8. The lowest BCUT2D eigenvalue weighted by atomic mass is 10.1. The van der Waals surface area contributed by atoms with Gasteiger partial charge in [-0.1, -0.05) is 23.4 Å². The van der Waals surface area contributed by atoms with Crippen LogP contribution in [0.4, 0.5) is 0 Å². The molecule has 2 aromatic carbocycles. The molecule has 0 aliphatic carbocycles. The van der Waals surface area contributed by atoms with E-state index < -0.39 is 10.0 Å². The highest BCUT2D eigenvalue weighted by Gasteiger charge is 2.24. The van der Waals surface area contributed by atoms with Crippen molar-refractivity contribution in [1.82, 2.24) is 9.88 Å². The fourth-order valence-electron chi connectivity index (χ4n) is 2.92. The minimum atomic E-state index is -3.73. The zero-order valence-corrected chi connectivity index (χ0v) is 15.5. The summed E-state index contributed by atoms with van der Waals surface area (Å²) in [5, 5.41) is 3.76. The highest BCUT2D eigenvalue weighted by molar-refractivity contribution is 7.89.